The van der Waals surface area contributed by atoms with Crippen LogP contribution in [0.15, 0.2) is 12.7 Å². The van der Waals surface area contributed by atoms with E-state index in [1.54, 1.807) is 0 Å². The first kappa shape index (κ1) is 11.7. The van der Waals surface area contributed by atoms with Gasteiger partial charge in [0.25, 0.3) is 0 Å². The molecule has 0 saturated carbocycles. The van der Waals surface area contributed by atoms with Crippen molar-refractivity contribution in [2.24, 2.45) is 11.8 Å². The van der Waals surface area contributed by atoms with Crippen LogP contribution in [-0.2, 0) is 0 Å². The van der Waals surface area contributed by atoms with Gasteiger partial charge in [0.2, 0.25) is 0 Å². The number of rotatable bonds is 6. The van der Waals surface area contributed by atoms with Gasteiger partial charge in [-0.15, -0.1) is 6.58 Å². The molecule has 0 rings (SSSR count). The second kappa shape index (κ2) is 6.24. The first-order valence-electron chi connectivity index (χ1n) is 4.92. The van der Waals surface area contributed by atoms with Gasteiger partial charge < -0.3 is 5.11 Å². The molecule has 0 aliphatic carbocycles. The first-order chi connectivity index (χ1) is 5.63. The number of hydrogen-bond donors (Lipinski definition) is 1. The van der Waals surface area contributed by atoms with Gasteiger partial charge in [-0.2, -0.15) is 0 Å². The highest BCUT2D eigenvalue weighted by atomic mass is 16.3. The molecule has 0 heterocycles. The summed E-state index contributed by atoms with van der Waals surface area (Å²) in [5.74, 6) is 0.937. The largest absolute Gasteiger partial charge is 0.393 e. The molecule has 0 spiro atoms. The van der Waals surface area contributed by atoms with Crippen LogP contribution in [0.25, 0.3) is 0 Å². The Morgan fingerprint density at radius 1 is 1.42 bits per heavy atom. The molecule has 0 amide bonds. The number of aliphatic hydroxyl groups excluding tert-OH is 1. The summed E-state index contributed by atoms with van der Waals surface area (Å²) in [6, 6.07) is 0. The van der Waals surface area contributed by atoms with Crippen LogP contribution in [0, 0.1) is 11.8 Å². The molecule has 0 radical (unpaired) electrons. The maximum atomic E-state index is 9.76. The van der Waals surface area contributed by atoms with Gasteiger partial charge in [0.15, 0.2) is 0 Å². The van der Waals surface area contributed by atoms with Crippen LogP contribution in [-0.4, -0.2) is 11.2 Å². The average molecular weight is 170 g/mol. The number of hydrogen-bond acceptors (Lipinski definition) is 1. The Kier molecular flexibility index (Phi) is 6.09. The summed E-state index contributed by atoms with van der Waals surface area (Å²) in [6.07, 6.45) is 4.66. The molecule has 2 atom stereocenters. The van der Waals surface area contributed by atoms with Crippen LogP contribution in [0.4, 0.5) is 0 Å². The van der Waals surface area contributed by atoms with Crippen LogP contribution in [0.5, 0.6) is 0 Å². The van der Waals surface area contributed by atoms with E-state index in [0.29, 0.717) is 11.8 Å². The quantitative estimate of drug-likeness (QED) is 0.608. The predicted octanol–water partition coefficient (Wildman–Crippen LogP) is 3.00. The Morgan fingerprint density at radius 3 is 2.33 bits per heavy atom. The van der Waals surface area contributed by atoms with Gasteiger partial charge in [0.05, 0.1) is 6.10 Å². The fourth-order valence-corrected chi connectivity index (χ4v) is 1.58. The summed E-state index contributed by atoms with van der Waals surface area (Å²) in [4.78, 5) is 0. The van der Waals surface area contributed by atoms with Gasteiger partial charge in [-0.05, 0) is 24.7 Å². The van der Waals surface area contributed by atoms with Crippen molar-refractivity contribution in [1.82, 2.24) is 0 Å². The van der Waals surface area contributed by atoms with E-state index in [0.717, 1.165) is 19.3 Å². The van der Waals surface area contributed by atoms with E-state index in [4.69, 9.17) is 0 Å². The van der Waals surface area contributed by atoms with Crippen molar-refractivity contribution in [2.75, 3.05) is 0 Å². The highest BCUT2D eigenvalue weighted by molar-refractivity contribution is 4.79. The summed E-state index contributed by atoms with van der Waals surface area (Å²) in [5.41, 5.74) is 0. The van der Waals surface area contributed by atoms with Crippen molar-refractivity contribution in [2.45, 2.75) is 46.1 Å². The Bertz CT molecular complexity index is 118. The molecule has 0 unspecified atom stereocenters. The fraction of sp³-hybridized carbons (Fsp3) is 0.818. The van der Waals surface area contributed by atoms with E-state index in [-0.39, 0.29) is 6.10 Å². The zero-order valence-electron chi connectivity index (χ0n) is 8.59. The topological polar surface area (TPSA) is 20.2 Å². The minimum absolute atomic E-state index is 0.145. The molecular weight excluding hydrogens is 148 g/mol. The van der Waals surface area contributed by atoms with E-state index in [9.17, 15) is 5.11 Å². The van der Waals surface area contributed by atoms with E-state index in [1.165, 1.54) is 0 Å². The lowest BCUT2D eigenvalue weighted by atomic mass is 9.85. The van der Waals surface area contributed by atoms with E-state index >= 15 is 0 Å². The third kappa shape index (κ3) is 3.91. The summed E-state index contributed by atoms with van der Waals surface area (Å²) < 4.78 is 0. The molecule has 0 aliphatic heterocycles. The van der Waals surface area contributed by atoms with Crippen molar-refractivity contribution < 1.29 is 5.11 Å². The third-order valence-electron chi connectivity index (χ3n) is 2.37. The maximum absolute atomic E-state index is 9.76. The molecule has 0 aliphatic rings. The Morgan fingerprint density at radius 2 is 2.00 bits per heavy atom. The van der Waals surface area contributed by atoms with Crippen LogP contribution in [0.1, 0.15) is 40.0 Å². The fourth-order valence-electron chi connectivity index (χ4n) is 1.58. The summed E-state index contributed by atoms with van der Waals surface area (Å²) in [5, 5.41) is 9.76. The first-order valence-corrected chi connectivity index (χ1v) is 4.92. The van der Waals surface area contributed by atoms with Crippen molar-refractivity contribution >= 4 is 0 Å². The lowest BCUT2D eigenvalue weighted by Crippen LogP contribution is -2.24. The monoisotopic (exact) mass is 170 g/mol. The molecule has 0 fully saturated rings. The van der Waals surface area contributed by atoms with Crippen LogP contribution < -0.4 is 0 Å². The van der Waals surface area contributed by atoms with Gasteiger partial charge in [-0.1, -0.05) is 33.3 Å². The second-order valence-corrected chi connectivity index (χ2v) is 3.79. The SMILES string of the molecule is C=CC[C@@H](C(C)C)[C@@H](O)CCC. The standard InChI is InChI=1S/C11H22O/c1-5-7-10(9(3)4)11(12)8-6-2/h5,9-12H,1,6-8H2,2-4H3/t10-,11-/m0/s1. The molecule has 1 N–H and O–H groups in total. The molecular formula is C11H22O. The van der Waals surface area contributed by atoms with Crippen LogP contribution in [0.3, 0.4) is 0 Å². The predicted molar refractivity (Wildman–Crippen MR) is 54.1 cm³/mol. The zero-order valence-corrected chi connectivity index (χ0v) is 8.59. The van der Waals surface area contributed by atoms with Crippen molar-refractivity contribution in [3.8, 4) is 0 Å². The molecule has 0 aromatic heterocycles. The minimum atomic E-state index is -0.145. The van der Waals surface area contributed by atoms with E-state index in [1.807, 2.05) is 6.08 Å². The average Bonchev–Trinajstić information content (AvgIpc) is 1.99. The Labute approximate surface area is 76.5 Å². The highest BCUT2D eigenvalue weighted by Gasteiger charge is 2.19. The van der Waals surface area contributed by atoms with Crippen molar-refractivity contribution in [1.29, 1.82) is 0 Å². The van der Waals surface area contributed by atoms with Gasteiger partial charge in [0, 0.05) is 0 Å². The summed E-state index contributed by atoms with van der Waals surface area (Å²) in [6.45, 7) is 10.1. The Hall–Kier alpha value is -0.300. The zero-order chi connectivity index (χ0) is 9.56. The normalized spacial score (nSPS) is 16.1. The highest BCUT2D eigenvalue weighted by Crippen LogP contribution is 2.22. The number of allylic oxidation sites excluding steroid dienone is 1. The molecule has 1 nitrogen and oxygen atoms in total. The van der Waals surface area contributed by atoms with Gasteiger partial charge in [-0.25, -0.2) is 0 Å². The Balaban J connectivity index is 3.98. The maximum Gasteiger partial charge on any atom is 0.0573 e. The van der Waals surface area contributed by atoms with Crippen LogP contribution in [0.2, 0.25) is 0 Å². The molecule has 72 valence electrons. The molecule has 12 heavy (non-hydrogen) atoms. The second-order valence-electron chi connectivity index (χ2n) is 3.79. The molecule has 0 bridgehead atoms. The third-order valence-corrected chi connectivity index (χ3v) is 2.37. The molecule has 0 aromatic rings. The number of aliphatic hydroxyl groups is 1. The lowest BCUT2D eigenvalue weighted by molar-refractivity contribution is 0.0746. The summed E-state index contributed by atoms with van der Waals surface area (Å²) in [7, 11) is 0. The minimum Gasteiger partial charge on any atom is -0.393 e. The smallest absolute Gasteiger partial charge is 0.0573 e. The van der Waals surface area contributed by atoms with Gasteiger partial charge >= 0.3 is 0 Å². The van der Waals surface area contributed by atoms with Crippen molar-refractivity contribution in [3.05, 3.63) is 12.7 Å². The summed E-state index contributed by atoms with van der Waals surface area (Å²) >= 11 is 0. The molecule has 1 heteroatoms. The molecule has 0 saturated heterocycles. The van der Waals surface area contributed by atoms with Crippen LogP contribution >= 0.6 is 0 Å². The van der Waals surface area contributed by atoms with Gasteiger partial charge in [0.1, 0.15) is 0 Å². The van der Waals surface area contributed by atoms with Crippen molar-refractivity contribution in [3.63, 3.8) is 0 Å². The van der Waals surface area contributed by atoms with E-state index in [2.05, 4.69) is 27.4 Å². The lowest BCUT2D eigenvalue weighted by Gasteiger charge is -2.24. The van der Waals surface area contributed by atoms with E-state index < -0.39 is 0 Å². The molecule has 0 aromatic carbocycles. The van der Waals surface area contributed by atoms with Gasteiger partial charge in [-0.3, -0.25) is 0 Å².